The van der Waals surface area contributed by atoms with Gasteiger partial charge in [-0.05, 0) is 49.7 Å². The Kier molecular flexibility index (Phi) is 7.29. The average molecular weight is 420 g/mol. The van der Waals surface area contributed by atoms with Gasteiger partial charge in [0.15, 0.2) is 0 Å². The molecule has 2 rings (SSSR count). The summed E-state index contributed by atoms with van der Waals surface area (Å²) in [7, 11) is 0. The van der Waals surface area contributed by atoms with E-state index in [0.29, 0.717) is 5.69 Å². The van der Waals surface area contributed by atoms with Crippen molar-refractivity contribution in [2.75, 3.05) is 10.6 Å². The number of nitrogens with zero attached hydrogens (tertiary/aromatic N) is 1. The summed E-state index contributed by atoms with van der Waals surface area (Å²) >= 11 is 0. The summed E-state index contributed by atoms with van der Waals surface area (Å²) in [6, 6.07) is 11.0. The molecule has 0 heterocycles. The van der Waals surface area contributed by atoms with Crippen LogP contribution < -0.4 is 16.1 Å². The number of hydrazone groups is 1. The van der Waals surface area contributed by atoms with Crippen molar-refractivity contribution in [1.29, 1.82) is 0 Å². The van der Waals surface area contributed by atoms with Gasteiger partial charge in [0.05, 0.1) is 12.0 Å². The van der Waals surface area contributed by atoms with Crippen LogP contribution >= 0.6 is 0 Å². The summed E-state index contributed by atoms with van der Waals surface area (Å²) in [5, 5.41) is 8.39. The van der Waals surface area contributed by atoms with Gasteiger partial charge in [-0.25, -0.2) is 5.43 Å². The SMILES string of the molecule is C/C(CC(=O)Nc1cccc(C(F)(F)F)c1)=N\NC(=O)C(=O)Nc1cccc(C)c1. The molecule has 0 aromatic heterocycles. The first-order valence-electron chi connectivity index (χ1n) is 8.73. The quantitative estimate of drug-likeness (QED) is 0.392. The van der Waals surface area contributed by atoms with E-state index in [4.69, 9.17) is 0 Å². The molecule has 0 atom stereocenters. The van der Waals surface area contributed by atoms with Crippen LogP contribution in [0.1, 0.15) is 24.5 Å². The highest BCUT2D eigenvalue weighted by Crippen LogP contribution is 2.30. The molecule has 158 valence electrons. The van der Waals surface area contributed by atoms with E-state index in [9.17, 15) is 27.6 Å². The third-order valence-electron chi connectivity index (χ3n) is 3.72. The van der Waals surface area contributed by atoms with E-state index in [1.54, 1.807) is 18.2 Å². The number of carbonyl (C=O) groups is 3. The number of amides is 3. The van der Waals surface area contributed by atoms with E-state index in [0.717, 1.165) is 17.7 Å². The lowest BCUT2D eigenvalue weighted by Gasteiger charge is -2.10. The van der Waals surface area contributed by atoms with Crippen LogP contribution in [0, 0.1) is 6.92 Å². The van der Waals surface area contributed by atoms with Gasteiger partial charge in [-0.2, -0.15) is 18.3 Å². The zero-order valence-corrected chi connectivity index (χ0v) is 16.1. The number of hydrogen-bond donors (Lipinski definition) is 3. The minimum Gasteiger partial charge on any atom is -0.326 e. The molecular formula is C20H19F3N4O3. The van der Waals surface area contributed by atoms with Gasteiger partial charge in [-0.15, -0.1) is 0 Å². The molecule has 7 nitrogen and oxygen atoms in total. The lowest BCUT2D eigenvalue weighted by atomic mass is 10.2. The number of carbonyl (C=O) groups excluding carboxylic acids is 3. The Labute approximate surface area is 170 Å². The van der Waals surface area contributed by atoms with Crippen LogP contribution in [-0.4, -0.2) is 23.4 Å². The Morgan fingerprint density at radius 3 is 2.20 bits per heavy atom. The van der Waals surface area contributed by atoms with E-state index in [-0.39, 0.29) is 17.8 Å². The maximum absolute atomic E-state index is 12.7. The van der Waals surface area contributed by atoms with Crippen LogP contribution in [-0.2, 0) is 20.6 Å². The molecule has 0 radical (unpaired) electrons. The van der Waals surface area contributed by atoms with Crippen LogP contribution in [0.25, 0.3) is 0 Å². The minimum absolute atomic E-state index is 0.0239. The van der Waals surface area contributed by atoms with Gasteiger partial charge in [0, 0.05) is 17.1 Å². The second-order valence-corrected chi connectivity index (χ2v) is 6.42. The predicted molar refractivity (Wildman–Crippen MR) is 106 cm³/mol. The van der Waals surface area contributed by atoms with Gasteiger partial charge < -0.3 is 10.6 Å². The largest absolute Gasteiger partial charge is 0.416 e. The third-order valence-corrected chi connectivity index (χ3v) is 3.72. The Bertz CT molecular complexity index is 987. The maximum atomic E-state index is 12.7. The van der Waals surface area contributed by atoms with Crippen molar-refractivity contribution in [3.8, 4) is 0 Å². The minimum atomic E-state index is -4.53. The van der Waals surface area contributed by atoms with Gasteiger partial charge in [0.1, 0.15) is 0 Å². The zero-order valence-electron chi connectivity index (χ0n) is 16.1. The number of aryl methyl sites for hydroxylation is 1. The Balaban J connectivity index is 1.87. The number of nitrogens with one attached hydrogen (secondary N) is 3. The topological polar surface area (TPSA) is 99.7 Å². The standard InChI is InChI=1S/C20H19F3N4O3/c1-12-5-3-7-15(9-12)25-18(29)19(30)27-26-13(2)10-17(28)24-16-8-4-6-14(11-16)20(21,22)23/h3-9,11H,10H2,1-2H3,(H,24,28)(H,25,29)(H,27,30)/b26-13+. The summed E-state index contributed by atoms with van der Waals surface area (Å²) in [6.07, 6.45) is -4.82. The fraction of sp³-hybridized carbons (Fsp3) is 0.200. The first-order chi connectivity index (χ1) is 14.0. The fourth-order valence-corrected chi connectivity index (χ4v) is 2.36. The highest BCUT2D eigenvalue weighted by atomic mass is 19.4. The molecular weight excluding hydrogens is 401 g/mol. The summed E-state index contributed by atoms with van der Waals surface area (Å²) in [4.78, 5) is 35.6. The highest BCUT2D eigenvalue weighted by Gasteiger charge is 2.30. The smallest absolute Gasteiger partial charge is 0.326 e. The molecule has 10 heteroatoms. The molecule has 0 unspecified atom stereocenters. The summed E-state index contributed by atoms with van der Waals surface area (Å²) in [6.45, 7) is 3.25. The van der Waals surface area contributed by atoms with E-state index in [1.807, 2.05) is 18.4 Å². The zero-order chi connectivity index (χ0) is 22.3. The second kappa shape index (κ2) is 9.68. The van der Waals surface area contributed by atoms with Crippen LogP contribution in [0.3, 0.4) is 0 Å². The summed E-state index contributed by atoms with van der Waals surface area (Å²) in [5.41, 5.74) is 2.60. The number of hydrogen-bond acceptors (Lipinski definition) is 4. The van der Waals surface area contributed by atoms with Gasteiger partial charge in [-0.1, -0.05) is 18.2 Å². The number of rotatable bonds is 5. The van der Waals surface area contributed by atoms with E-state index in [2.05, 4.69) is 15.7 Å². The fourth-order valence-electron chi connectivity index (χ4n) is 2.36. The molecule has 0 aliphatic carbocycles. The van der Waals surface area contributed by atoms with E-state index >= 15 is 0 Å². The van der Waals surface area contributed by atoms with Gasteiger partial charge in [0.25, 0.3) is 0 Å². The van der Waals surface area contributed by atoms with Crippen molar-refractivity contribution in [1.82, 2.24) is 5.43 Å². The molecule has 3 N–H and O–H groups in total. The van der Waals surface area contributed by atoms with Crippen molar-refractivity contribution in [2.24, 2.45) is 5.10 Å². The molecule has 30 heavy (non-hydrogen) atoms. The van der Waals surface area contributed by atoms with E-state index < -0.39 is 29.5 Å². The van der Waals surface area contributed by atoms with Crippen molar-refractivity contribution in [3.63, 3.8) is 0 Å². The summed E-state index contributed by atoms with van der Waals surface area (Å²) < 4.78 is 38.1. The Morgan fingerprint density at radius 2 is 1.57 bits per heavy atom. The molecule has 2 aromatic carbocycles. The van der Waals surface area contributed by atoms with Crippen molar-refractivity contribution >= 4 is 34.8 Å². The lowest BCUT2D eigenvalue weighted by molar-refractivity contribution is -0.137. The van der Waals surface area contributed by atoms with Crippen molar-refractivity contribution in [3.05, 3.63) is 59.7 Å². The van der Waals surface area contributed by atoms with Crippen LogP contribution in [0.5, 0.6) is 0 Å². The van der Waals surface area contributed by atoms with Crippen molar-refractivity contribution < 1.29 is 27.6 Å². The van der Waals surface area contributed by atoms with Crippen LogP contribution in [0.15, 0.2) is 53.6 Å². The normalized spacial score (nSPS) is 11.6. The number of halogens is 3. The van der Waals surface area contributed by atoms with Gasteiger partial charge in [-0.3, -0.25) is 14.4 Å². The van der Waals surface area contributed by atoms with E-state index in [1.165, 1.54) is 19.1 Å². The number of alkyl halides is 3. The van der Waals surface area contributed by atoms with Gasteiger partial charge in [0.2, 0.25) is 5.91 Å². The predicted octanol–water partition coefficient (Wildman–Crippen LogP) is 3.47. The molecule has 0 spiro atoms. The second-order valence-electron chi connectivity index (χ2n) is 6.42. The molecule has 0 fully saturated rings. The summed E-state index contributed by atoms with van der Waals surface area (Å²) in [5.74, 6) is -2.60. The molecule has 0 bridgehead atoms. The van der Waals surface area contributed by atoms with Crippen LogP contribution in [0.4, 0.5) is 24.5 Å². The molecule has 0 aliphatic rings. The average Bonchev–Trinajstić information content (AvgIpc) is 2.65. The Morgan fingerprint density at radius 1 is 0.933 bits per heavy atom. The molecule has 3 amide bonds. The molecule has 2 aromatic rings. The van der Waals surface area contributed by atoms with Gasteiger partial charge >= 0.3 is 18.0 Å². The molecule has 0 saturated carbocycles. The number of anilines is 2. The maximum Gasteiger partial charge on any atom is 0.416 e. The van der Waals surface area contributed by atoms with Crippen molar-refractivity contribution in [2.45, 2.75) is 26.4 Å². The van der Waals surface area contributed by atoms with Crippen LogP contribution in [0.2, 0.25) is 0 Å². The third kappa shape index (κ3) is 7.04. The molecule has 0 aliphatic heterocycles. The monoisotopic (exact) mass is 420 g/mol. The first kappa shape index (κ1) is 22.6. The highest BCUT2D eigenvalue weighted by molar-refractivity contribution is 6.39. The number of benzene rings is 2. The Hall–Kier alpha value is -3.69. The first-order valence-corrected chi connectivity index (χ1v) is 8.73. The lowest BCUT2D eigenvalue weighted by Crippen LogP contribution is -2.33. The molecule has 0 saturated heterocycles.